The molecule has 0 atom stereocenters. The highest BCUT2D eigenvalue weighted by Crippen LogP contribution is 2.39. The predicted molar refractivity (Wildman–Crippen MR) is 122 cm³/mol. The lowest BCUT2D eigenvalue weighted by Crippen LogP contribution is -2.44. The quantitative estimate of drug-likeness (QED) is 0.551. The van der Waals surface area contributed by atoms with Crippen molar-refractivity contribution in [1.82, 2.24) is 0 Å². The Labute approximate surface area is 186 Å². The largest absolute Gasteiger partial charge is 0.489 e. The predicted octanol–water partition coefficient (Wildman–Crippen LogP) is 4.47. The minimum absolute atomic E-state index is 0.122. The summed E-state index contributed by atoms with van der Waals surface area (Å²) < 4.78 is 20.3. The Kier molecular flexibility index (Phi) is 4.99. The minimum atomic E-state index is -1.02. The third-order valence-corrected chi connectivity index (χ3v) is 6.17. The van der Waals surface area contributed by atoms with Crippen molar-refractivity contribution < 1.29 is 13.9 Å². The molecule has 0 spiro atoms. The van der Waals surface area contributed by atoms with Crippen molar-refractivity contribution in [2.45, 2.75) is 44.7 Å². The van der Waals surface area contributed by atoms with E-state index in [1.54, 1.807) is 43.0 Å². The van der Waals surface area contributed by atoms with Gasteiger partial charge in [-0.2, -0.15) is 0 Å². The molecule has 1 saturated carbocycles. The lowest BCUT2D eigenvalue weighted by atomic mass is 10.0. The maximum absolute atomic E-state index is 14.8. The van der Waals surface area contributed by atoms with E-state index in [1.165, 1.54) is 17.0 Å². The molecule has 2 aromatic carbocycles. The Morgan fingerprint density at radius 3 is 2.48 bits per heavy atom. The normalized spacial score (nSPS) is 18.8. The average molecular weight is 439 g/mol. The number of hydrogen-bond donors (Lipinski definition) is 1. The Balaban J connectivity index is 1.64. The maximum Gasteiger partial charge on any atom is 0.259 e. The van der Waals surface area contributed by atoms with E-state index in [9.17, 15) is 9.18 Å². The van der Waals surface area contributed by atoms with E-state index in [4.69, 9.17) is 29.3 Å². The zero-order valence-corrected chi connectivity index (χ0v) is 18.4. The summed E-state index contributed by atoms with van der Waals surface area (Å²) in [5.74, 6) is -0.646. The number of ether oxygens (including phenoxy) is 1. The number of amides is 1. The number of thiocarbonyl (C=S) groups is 1. The monoisotopic (exact) mass is 438 g/mol. The molecule has 2 aliphatic rings. The van der Waals surface area contributed by atoms with E-state index in [-0.39, 0.29) is 28.9 Å². The summed E-state index contributed by atoms with van der Waals surface area (Å²) in [5, 5.41) is 0.247. The molecule has 2 aromatic rings. The number of hydrogen-bond acceptors (Lipinski definition) is 4. The summed E-state index contributed by atoms with van der Waals surface area (Å²) >= 11 is 5.64. The molecule has 2 N–H and O–H groups in total. The maximum atomic E-state index is 14.8. The number of halogens is 1. The molecule has 1 amide bonds. The van der Waals surface area contributed by atoms with E-state index in [0.29, 0.717) is 17.1 Å². The molecule has 1 aliphatic carbocycles. The molecule has 4 rings (SSSR count). The van der Waals surface area contributed by atoms with Crippen LogP contribution in [0.25, 0.3) is 4.85 Å². The molecule has 1 heterocycles. The highest BCUT2D eigenvalue weighted by molar-refractivity contribution is 7.81. The van der Waals surface area contributed by atoms with Gasteiger partial charge in [0.15, 0.2) is 22.4 Å². The topological polar surface area (TPSA) is 63.2 Å². The molecular weight excluding hydrogens is 415 g/mol. The minimum Gasteiger partial charge on any atom is -0.489 e. The molecule has 1 aliphatic heterocycles. The average Bonchev–Trinajstić information content (AvgIpc) is 3.41. The summed E-state index contributed by atoms with van der Waals surface area (Å²) in [7, 11) is 0. The molecule has 0 bridgehead atoms. The standard InChI is InChI=1S/C23H23FN4O2S/c1-14-11-15(5-7-18(14)26-4)27-20(29)22(2,3)28(21(27)31)16-6-8-19(17(24)12-16)30-13-23(25)9-10-23/h5-8,11-12H,9-10,13,25H2,1-3H3. The second kappa shape index (κ2) is 7.29. The lowest BCUT2D eigenvalue weighted by molar-refractivity contribution is -0.120. The van der Waals surface area contributed by atoms with E-state index >= 15 is 0 Å². The Hall–Kier alpha value is -3.02. The number of rotatable bonds is 5. The first-order chi connectivity index (χ1) is 14.6. The van der Waals surface area contributed by atoms with Gasteiger partial charge in [-0.15, -0.1) is 0 Å². The molecule has 2 fully saturated rings. The summed E-state index contributed by atoms with van der Waals surface area (Å²) in [6, 6.07) is 9.67. The van der Waals surface area contributed by atoms with Crippen LogP contribution < -0.4 is 20.3 Å². The van der Waals surface area contributed by atoms with Crippen molar-refractivity contribution in [3.05, 3.63) is 59.2 Å². The fourth-order valence-electron chi connectivity index (χ4n) is 3.63. The molecule has 1 saturated heterocycles. The van der Waals surface area contributed by atoms with Crippen molar-refractivity contribution in [3.63, 3.8) is 0 Å². The van der Waals surface area contributed by atoms with Gasteiger partial charge in [0, 0.05) is 17.4 Å². The number of anilines is 2. The molecule has 31 heavy (non-hydrogen) atoms. The Bertz CT molecular complexity index is 1140. The van der Waals surface area contributed by atoms with Crippen LogP contribution in [-0.2, 0) is 4.79 Å². The van der Waals surface area contributed by atoms with E-state index in [0.717, 1.165) is 18.4 Å². The molecular formula is C23H23FN4O2S. The molecule has 0 radical (unpaired) electrons. The van der Waals surface area contributed by atoms with Crippen molar-refractivity contribution >= 4 is 40.3 Å². The number of benzene rings is 2. The van der Waals surface area contributed by atoms with Crippen molar-refractivity contribution in [2.24, 2.45) is 5.73 Å². The van der Waals surface area contributed by atoms with Crippen LogP contribution in [0.1, 0.15) is 32.3 Å². The Morgan fingerprint density at radius 1 is 1.23 bits per heavy atom. The Morgan fingerprint density at radius 2 is 1.90 bits per heavy atom. The van der Waals surface area contributed by atoms with Crippen LogP contribution in [0.4, 0.5) is 21.5 Å². The van der Waals surface area contributed by atoms with Gasteiger partial charge < -0.3 is 15.4 Å². The molecule has 0 aromatic heterocycles. The summed E-state index contributed by atoms with van der Waals surface area (Å²) in [6.45, 7) is 12.8. The molecule has 0 unspecified atom stereocenters. The highest BCUT2D eigenvalue weighted by atomic mass is 32.1. The van der Waals surface area contributed by atoms with Crippen LogP contribution >= 0.6 is 12.2 Å². The first-order valence-corrected chi connectivity index (χ1v) is 10.4. The van der Waals surface area contributed by atoms with Gasteiger partial charge in [0.1, 0.15) is 12.1 Å². The van der Waals surface area contributed by atoms with Crippen LogP contribution in [0, 0.1) is 19.3 Å². The lowest BCUT2D eigenvalue weighted by Gasteiger charge is -2.29. The fourth-order valence-corrected chi connectivity index (χ4v) is 4.15. The van der Waals surface area contributed by atoms with Gasteiger partial charge in [-0.05, 0) is 75.7 Å². The highest BCUT2D eigenvalue weighted by Gasteiger charge is 2.50. The smallest absolute Gasteiger partial charge is 0.259 e. The third kappa shape index (κ3) is 3.64. The van der Waals surface area contributed by atoms with E-state index < -0.39 is 11.4 Å². The summed E-state index contributed by atoms with van der Waals surface area (Å²) in [5.41, 5.74) is 6.94. The molecule has 6 nitrogen and oxygen atoms in total. The van der Waals surface area contributed by atoms with Crippen molar-refractivity contribution in [3.8, 4) is 5.75 Å². The zero-order valence-electron chi connectivity index (χ0n) is 17.6. The second-order valence-corrected chi connectivity index (χ2v) is 9.03. The van der Waals surface area contributed by atoms with Gasteiger partial charge in [0.2, 0.25) is 0 Å². The zero-order chi connectivity index (χ0) is 22.6. The van der Waals surface area contributed by atoms with Crippen molar-refractivity contribution in [2.75, 3.05) is 16.4 Å². The number of nitrogens with two attached hydrogens (primary N) is 1. The third-order valence-electron chi connectivity index (χ3n) is 5.81. The number of carbonyl (C=O) groups is 1. The number of aryl methyl sites for hydroxylation is 1. The van der Waals surface area contributed by atoms with Gasteiger partial charge in [-0.1, -0.05) is 6.07 Å². The first kappa shape index (κ1) is 21.2. The van der Waals surface area contributed by atoms with Crippen molar-refractivity contribution in [1.29, 1.82) is 0 Å². The van der Waals surface area contributed by atoms with Gasteiger partial charge in [-0.3, -0.25) is 9.69 Å². The van der Waals surface area contributed by atoms with Crippen LogP contribution in [-0.4, -0.2) is 28.7 Å². The van der Waals surface area contributed by atoms with E-state index in [1.807, 2.05) is 6.92 Å². The van der Waals surface area contributed by atoms with Gasteiger partial charge in [0.25, 0.3) is 5.91 Å². The number of nitrogens with zero attached hydrogens (tertiary/aromatic N) is 3. The fraction of sp³-hybridized carbons (Fsp3) is 0.348. The van der Waals surface area contributed by atoms with Crippen LogP contribution in [0.3, 0.4) is 0 Å². The first-order valence-electron chi connectivity index (χ1n) is 9.95. The van der Waals surface area contributed by atoms with Gasteiger partial charge in [-0.25, -0.2) is 9.24 Å². The van der Waals surface area contributed by atoms with E-state index in [2.05, 4.69) is 4.85 Å². The van der Waals surface area contributed by atoms with Crippen LogP contribution in [0.15, 0.2) is 36.4 Å². The van der Waals surface area contributed by atoms with Crippen LogP contribution in [0.2, 0.25) is 0 Å². The molecule has 8 heteroatoms. The number of carbonyl (C=O) groups excluding carboxylic acids is 1. The second-order valence-electron chi connectivity index (χ2n) is 8.67. The summed E-state index contributed by atoms with van der Waals surface area (Å²) in [6.07, 6.45) is 1.74. The SMILES string of the molecule is [C-]#[N+]c1ccc(N2C(=O)C(C)(C)N(c3ccc(OCC4(N)CC4)c(F)c3)C2=S)cc1C. The van der Waals surface area contributed by atoms with Gasteiger partial charge >= 0.3 is 0 Å². The molecule has 160 valence electrons. The summed E-state index contributed by atoms with van der Waals surface area (Å²) in [4.78, 5) is 19.8. The van der Waals surface area contributed by atoms with Crippen LogP contribution in [0.5, 0.6) is 5.75 Å². The van der Waals surface area contributed by atoms with Gasteiger partial charge in [0.05, 0.1) is 12.1 Å².